The lowest BCUT2D eigenvalue weighted by atomic mass is 9.82. The molecule has 0 aromatic heterocycles. The summed E-state index contributed by atoms with van der Waals surface area (Å²) in [4.78, 5) is 12.2. The number of carbonyl (C=O) groups is 1. The Morgan fingerprint density at radius 3 is 2.13 bits per heavy atom. The van der Waals surface area contributed by atoms with Gasteiger partial charge in [-0.2, -0.15) is 5.10 Å². The van der Waals surface area contributed by atoms with Crippen LogP contribution in [0.4, 0.5) is 5.69 Å². The van der Waals surface area contributed by atoms with Crippen molar-refractivity contribution in [2.24, 2.45) is 10.2 Å². The number of hydrogen-bond acceptors (Lipinski definition) is 6. The van der Waals surface area contributed by atoms with Crippen LogP contribution in [-0.4, -0.2) is 19.4 Å². The van der Waals surface area contributed by atoms with Crippen LogP contribution in [0.15, 0.2) is 82.8 Å². The van der Waals surface area contributed by atoms with Gasteiger partial charge in [-0.25, -0.2) is 13.6 Å². The second-order valence-electron chi connectivity index (χ2n) is 7.33. The molecule has 0 atom stereocenters. The predicted octanol–water partition coefficient (Wildman–Crippen LogP) is 2.73. The van der Waals surface area contributed by atoms with E-state index in [2.05, 4.69) is 40.1 Å². The highest BCUT2D eigenvalue weighted by atomic mass is 32.2. The van der Waals surface area contributed by atoms with Gasteiger partial charge < -0.3 is 5.32 Å². The first-order valence-electron chi connectivity index (χ1n) is 9.52. The van der Waals surface area contributed by atoms with Crippen LogP contribution < -0.4 is 15.9 Å². The van der Waals surface area contributed by atoms with E-state index >= 15 is 0 Å². The molecule has 0 saturated heterocycles. The molecule has 0 fully saturated rings. The molecule has 1 spiro atoms. The molecule has 3 aromatic carbocycles. The fraction of sp³-hybridized carbons (Fsp3) is 0.0909. The quantitative estimate of drug-likeness (QED) is 0.568. The summed E-state index contributed by atoms with van der Waals surface area (Å²) in [7, 11) is -3.79. The smallest absolute Gasteiger partial charge is 0.282 e. The Labute approximate surface area is 183 Å². The Balaban J connectivity index is 1.43. The van der Waals surface area contributed by atoms with Crippen molar-refractivity contribution in [1.29, 1.82) is 0 Å². The van der Waals surface area contributed by atoms with Crippen LogP contribution in [0.1, 0.15) is 22.3 Å². The lowest BCUT2D eigenvalue weighted by molar-refractivity contribution is -0.110. The number of fused-ring (bicyclic) bond motifs is 4. The summed E-state index contributed by atoms with van der Waals surface area (Å²) in [6.07, 6.45) is 0.828. The highest BCUT2D eigenvalue weighted by Gasteiger charge is 2.46. The molecule has 9 heteroatoms. The van der Waals surface area contributed by atoms with Crippen molar-refractivity contribution in [1.82, 2.24) is 5.43 Å². The Morgan fingerprint density at radius 1 is 0.968 bits per heavy atom. The summed E-state index contributed by atoms with van der Waals surface area (Å²) in [5, 5.41) is 12.5. The van der Waals surface area contributed by atoms with E-state index in [1.165, 1.54) is 47.2 Å². The number of carbonyl (C=O) groups excluding carboxylic acids is 1. The third-order valence-electron chi connectivity index (χ3n) is 5.37. The fourth-order valence-corrected chi connectivity index (χ4v) is 5.70. The highest BCUT2D eigenvalue weighted by molar-refractivity contribution is 8.16. The molecule has 2 aliphatic rings. The number of amides is 1. The van der Waals surface area contributed by atoms with Gasteiger partial charge in [0, 0.05) is 5.69 Å². The molecule has 4 N–H and O–H groups in total. The van der Waals surface area contributed by atoms with Crippen molar-refractivity contribution in [2.45, 2.75) is 16.2 Å². The topological polar surface area (TPSA) is 114 Å². The number of nitrogens with one attached hydrogen (secondary N) is 2. The maximum Gasteiger partial charge on any atom is 0.282 e. The van der Waals surface area contributed by atoms with Crippen molar-refractivity contribution >= 4 is 38.4 Å². The van der Waals surface area contributed by atoms with E-state index in [1.54, 1.807) is 0 Å². The Bertz CT molecular complexity index is 1290. The number of hydrazone groups is 1. The molecule has 7 nitrogen and oxygen atoms in total. The first-order valence-corrected chi connectivity index (χ1v) is 11.9. The summed E-state index contributed by atoms with van der Waals surface area (Å²) in [6.45, 7) is 0. The minimum atomic E-state index is -3.79. The lowest BCUT2D eigenvalue weighted by Crippen LogP contribution is -2.38. The van der Waals surface area contributed by atoms with Crippen molar-refractivity contribution in [3.05, 3.63) is 95.1 Å². The van der Waals surface area contributed by atoms with E-state index in [0.717, 1.165) is 17.5 Å². The van der Waals surface area contributed by atoms with Crippen LogP contribution in [0.3, 0.4) is 0 Å². The van der Waals surface area contributed by atoms with Crippen molar-refractivity contribution in [2.75, 3.05) is 5.32 Å². The number of nitrogens with two attached hydrogens (primary N) is 1. The molecule has 5 rings (SSSR count). The second kappa shape index (κ2) is 7.23. The molecule has 0 saturated carbocycles. The van der Waals surface area contributed by atoms with Gasteiger partial charge in [0.25, 0.3) is 5.91 Å². The second-order valence-corrected chi connectivity index (χ2v) is 10.1. The molecule has 1 amide bonds. The number of anilines is 1. The van der Waals surface area contributed by atoms with Crippen LogP contribution >= 0.6 is 11.8 Å². The van der Waals surface area contributed by atoms with Gasteiger partial charge in [-0.05, 0) is 52.9 Å². The van der Waals surface area contributed by atoms with Crippen LogP contribution in [-0.2, 0) is 26.1 Å². The maximum atomic E-state index is 12.9. The molecule has 3 aromatic rings. The van der Waals surface area contributed by atoms with Crippen LogP contribution in [0.5, 0.6) is 0 Å². The monoisotopic (exact) mass is 450 g/mol. The van der Waals surface area contributed by atoms with Gasteiger partial charge in [0.15, 0.2) is 9.91 Å². The van der Waals surface area contributed by atoms with E-state index in [0.29, 0.717) is 10.7 Å². The predicted molar refractivity (Wildman–Crippen MR) is 121 cm³/mol. The fourth-order valence-electron chi connectivity index (χ4n) is 3.95. The number of nitrogens with zero attached hydrogens (tertiary/aromatic N) is 1. The summed E-state index contributed by atoms with van der Waals surface area (Å²) >= 11 is 1.37. The molecule has 0 unspecified atom stereocenters. The van der Waals surface area contributed by atoms with Crippen LogP contribution in [0, 0.1) is 0 Å². The third kappa shape index (κ3) is 3.40. The van der Waals surface area contributed by atoms with Gasteiger partial charge in [-0.3, -0.25) is 10.2 Å². The molecular weight excluding hydrogens is 432 g/mol. The van der Waals surface area contributed by atoms with Crippen LogP contribution in [0.25, 0.3) is 0 Å². The Kier molecular flexibility index (Phi) is 4.62. The number of thioether (sulfide) groups is 1. The van der Waals surface area contributed by atoms with Crippen molar-refractivity contribution in [3.63, 3.8) is 0 Å². The summed E-state index contributed by atoms with van der Waals surface area (Å²) < 4.78 is 22.8. The highest BCUT2D eigenvalue weighted by Crippen LogP contribution is 2.50. The van der Waals surface area contributed by atoms with E-state index in [1.807, 2.05) is 24.3 Å². The summed E-state index contributed by atoms with van der Waals surface area (Å²) in [5.41, 5.74) is 8.23. The van der Waals surface area contributed by atoms with Crippen LogP contribution in [0.2, 0.25) is 0 Å². The normalized spacial score (nSPS) is 16.1. The van der Waals surface area contributed by atoms with Gasteiger partial charge in [0.1, 0.15) is 0 Å². The van der Waals surface area contributed by atoms with E-state index < -0.39 is 14.9 Å². The zero-order valence-corrected chi connectivity index (χ0v) is 17.8. The van der Waals surface area contributed by atoms with E-state index in [4.69, 9.17) is 5.14 Å². The number of sulfonamides is 1. The molecule has 0 bridgehead atoms. The minimum absolute atomic E-state index is 0.0193. The van der Waals surface area contributed by atoms with Gasteiger partial charge in [-0.1, -0.05) is 60.3 Å². The zero-order valence-electron chi connectivity index (χ0n) is 16.2. The number of hydrogen-bond donors (Lipinski definition) is 3. The largest absolute Gasteiger partial charge is 0.320 e. The Hall–Kier alpha value is -3.14. The van der Waals surface area contributed by atoms with Gasteiger partial charge in [0.2, 0.25) is 10.0 Å². The lowest BCUT2D eigenvalue weighted by Gasteiger charge is -2.36. The number of primary sulfonamides is 1. The van der Waals surface area contributed by atoms with Crippen molar-refractivity contribution in [3.8, 4) is 0 Å². The molecular formula is C22H18N4O3S2. The SMILES string of the molecule is NS(=O)(=O)c1ccc(NC(=O)C2=NNC3(S2)c2ccccc2Cc2ccccc23)cc1. The number of rotatable bonds is 3. The van der Waals surface area contributed by atoms with E-state index in [-0.39, 0.29) is 10.8 Å². The summed E-state index contributed by atoms with van der Waals surface area (Å²) in [5.74, 6) is -0.377. The average Bonchev–Trinajstić information content (AvgIpc) is 3.20. The Morgan fingerprint density at radius 2 is 1.55 bits per heavy atom. The maximum absolute atomic E-state index is 12.9. The van der Waals surface area contributed by atoms with Gasteiger partial charge in [0.05, 0.1) is 4.90 Å². The first-order chi connectivity index (χ1) is 14.9. The average molecular weight is 451 g/mol. The zero-order chi connectivity index (χ0) is 21.6. The first kappa shape index (κ1) is 19.8. The standard InChI is InChI=1S/C22H18N4O3S2/c23-31(28,29)17-11-9-16(10-12-17)24-20(27)21-25-26-22(30-21)18-7-3-1-5-14(18)13-15-6-2-4-8-19(15)22/h1-12,26H,13H2,(H,24,27)(H2,23,28,29). The summed E-state index contributed by atoms with van der Waals surface area (Å²) in [6, 6.07) is 22.0. The minimum Gasteiger partial charge on any atom is -0.320 e. The number of benzene rings is 3. The molecule has 31 heavy (non-hydrogen) atoms. The third-order valence-corrected chi connectivity index (χ3v) is 7.61. The molecule has 156 valence electrons. The van der Waals surface area contributed by atoms with Crippen molar-refractivity contribution < 1.29 is 13.2 Å². The molecule has 1 aliphatic carbocycles. The molecule has 0 radical (unpaired) electrons. The van der Waals surface area contributed by atoms with Gasteiger partial charge >= 0.3 is 0 Å². The van der Waals surface area contributed by atoms with E-state index in [9.17, 15) is 13.2 Å². The van der Waals surface area contributed by atoms with Gasteiger partial charge in [-0.15, -0.1) is 0 Å². The molecule has 1 heterocycles. The molecule has 1 aliphatic heterocycles.